The van der Waals surface area contributed by atoms with Crippen molar-refractivity contribution in [2.75, 3.05) is 31.1 Å². The molecule has 0 bridgehead atoms. The van der Waals surface area contributed by atoms with Gasteiger partial charge in [0.1, 0.15) is 5.69 Å². The Bertz CT molecular complexity index is 994. The van der Waals surface area contributed by atoms with Crippen LogP contribution in [0.2, 0.25) is 0 Å². The molecule has 3 aromatic rings. The molecule has 1 amide bonds. The number of rotatable bonds is 4. The summed E-state index contributed by atoms with van der Waals surface area (Å²) in [6.45, 7) is 1.94. The molecule has 0 unspecified atom stereocenters. The van der Waals surface area contributed by atoms with Gasteiger partial charge in [-0.05, 0) is 6.07 Å². The topological polar surface area (TPSA) is 92.7 Å². The van der Waals surface area contributed by atoms with Gasteiger partial charge in [0.05, 0.1) is 4.92 Å². The maximum atomic E-state index is 12.7. The molecule has 0 spiro atoms. The Balaban J connectivity index is 1.44. The van der Waals surface area contributed by atoms with E-state index in [1.807, 2.05) is 35.2 Å². The van der Waals surface area contributed by atoms with Crippen LogP contribution in [0.25, 0.3) is 11.3 Å². The van der Waals surface area contributed by atoms with Crippen molar-refractivity contribution < 1.29 is 14.2 Å². The molecule has 0 saturated carbocycles. The summed E-state index contributed by atoms with van der Waals surface area (Å²) in [5.41, 5.74) is 1.77. The monoisotopic (exact) mass is 378 g/mol. The standard InChI is InChI=1S/C20H18N4O4/c25-20(16-14-19(28-21-16)15-6-2-1-3-7-15)23-12-10-22(11-13-23)17-8-4-5-9-18(17)24(26)27/h1-9,14H,10-13H2. The van der Waals surface area contributed by atoms with Gasteiger partial charge in [-0.3, -0.25) is 14.9 Å². The lowest BCUT2D eigenvalue weighted by molar-refractivity contribution is -0.384. The number of nitrogens with zero attached hydrogens (tertiary/aromatic N) is 4. The molecule has 1 aliphatic heterocycles. The van der Waals surface area contributed by atoms with E-state index in [1.54, 1.807) is 29.2 Å². The molecule has 1 aromatic heterocycles. The fourth-order valence-corrected chi connectivity index (χ4v) is 3.31. The number of anilines is 1. The van der Waals surface area contributed by atoms with Gasteiger partial charge in [0.2, 0.25) is 0 Å². The van der Waals surface area contributed by atoms with Gasteiger partial charge in [-0.1, -0.05) is 47.6 Å². The normalized spacial score (nSPS) is 14.1. The number of piperazine rings is 1. The molecular weight excluding hydrogens is 360 g/mol. The van der Waals surface area contributed by atoms with Crippen molar-refractivity contribution in [2.24, 2.45) is 0 Å². The average Bonchev–Trinajstić information content (AvgIpc) is 3.24. The Morgan fingerprint density at radius 3 is 2.39 bits per heavy atom. The third-order valence-corrected chi connectivity index (χ3v) is 4.77. The zero-order valence-electron chi connectivity index (χ0n) is 15.0. The van der Waals surface area contributed by atoms with Gasteiger partial charge >= 0.3 is 0 Å². The van der Waals surface area contributed by atoms with E-state index in [2.05, 4.69) is 5.16 Å². The summed E-state index contributed by atoms with van der Waals surface area (Å²) in [5.74, 6) is 0.343. The number of amides is 1. The smallest absolute Gasteiger partial charge is 0.292 e. The first kappa shape index (κ1) is 17.7. The second-order valence-corrected chi connectivity index (χ2v) is 6.47. The Labute approximate surface area is 161 Å². The lowest BCUT2D eigenvalue weighted by Crippen LogP contribution is -2.49. The fraction of sp³-hybridized carbons (Fsp3) is 0.200. The third-order valence-electron chi connectivity index (χ3n) is 4.77. The van der Waals surface area contributed by atoms with Crippen LogP contribution < -0.4 is 4.90 Å². The molecule has 28 heavy (non-hydrogen) atoms. The molecule has 1 aliphatic rings. The van der Waals surface area contributed by atoms with Crippen LogP contribution in [0.3, 0.4) is 0 Å². The third kappa shape index (κ3) is 3.44. The number of carbonyl (C=O) groups is 1. The van der Waals surface area contributed by atoms with E-state index in [0.717, 1.165) is 5.56 Å². The first-order valence-corrected chi connectivity index (χ1v) is 8.93. The predicted octanol–water partition coefficient (Wildman–Crippen LogP) is 3.21. The minimum atomic E-state index is -0.382. The van der Waals surface area contributed by atoms with Gasteiger partial charge in [-0.15, -0.1) is 0 Å². The van der Waals surface area contributed by atoms with Crippen LogP contribution in [-0.2, 0) is 0 Å². The van der Waals surface area contributed by atoms with Crippen LogP contribution in [0.5, 0.6) is 0 Å². The highest BCUT2D eigenvalue weighted by Gasteiger charge is 2.27. The van der Waals surface area contributed by atoms with E-state index < -0.39 is 0 Å². The Morgan fingerprint density at radius 2 is 1.68 bits per heavy atom. The molecular formula is C20H18N4O4. The molecule has 0 aliphatic carbocycles. The SMILES string of the molecule is O=C(c1cc(-c2ccccc2)on1)N1CCN(c2ccccc2[N+](=O)[O-])CC1. The molecule has 8 nitrogen and oxygen atoms in total. The highest BCUT2D eigenvalue weighted by atomic mass is 16.6. The van der Waals surface area contributed by atoms with E-state index in [0.29, 0.717) is 37.6 Å². The number of nitro groups is 1. The molecule has 0 radical (unpaired) electrons. The molecule has 2 heterocycles. The number of hydrogen-bond donors (Lipinski definition) is 0. The fourth-order valence-electron chi connectivity index (χ4n) is 3.31. The van der Waals surface area contributed by atoms with Crippen molar-refractivity contribution in [3.05, 3.63) is 76.5 Å². The van der Waals surface area contributed by atoms with Crippen molar-refractivity contribution in [2.45, 2.75) is 0 Å². The van der Waals surface area contributed by atoms with Crippen molar-refractivity contribution in [3.8, 4) is 11.3 Å². The van der Waals surface area contributed by atoms with Crippen LogP contribution >= 0.6 is 0 Å². The first-order valence-electron chi connectivity index (χ1n) is 8.93. The second-order valence-electron chi connectivity index (χ2n) is 6.47. The number of nitro benzene ring substituents is 1. The number of aromatic nitrogens is 1. The molecule has 0 atom stereocenters. The van der Waals surface area contributed by atoms with Gasteiger partial charge < -0.3 is 14.3 Å². The summed E-state index contributed by atoms with van der Waals surface area (Å²) in [6, 6.07) is 17.8. The van der Waals surface area contributed by atoms with E-state index in [-0.39, 0.29) is 22.2 Å². The quantitative estimate of drug-likeness (QED) is 0.511. The number of hydrogen-bond acceptors (Lipinski definition) is 6. The Morgan fingerprint density at radius 1 is 1.00 bits per heavy atom. The number of para-hydroxylation sites is 2. The summed E-state index contributed by atoms with van der Waals surface area (Å²) < 4.78 is 5.31. The largest absolute Gasteiger partial charge is 0.362 e. The Kier molecular flexibility index (Phi) is 4.76. The molecule has 1 saturated heterocycles. The van der Waals surface area contributed by atoms with Crippen LogP contribution in [0.4, 0.5) is 11.4 Å². The minimum absolute atomic E-state index is 0.0753. The van der Waals surface area contributed by atoms with E-state index in [4.69, 9.17) is 4.52 Å². The van der Waals surface area contributed by atoms with Gasteiger partial charge in [0.15, 0.2) is 11.5 Å². The van der Waals surface area contributed by atoms with Gasteiger partial charge in [0, 0.05) is 43.9 Å². The highest BCUT2D eigenvalue weighted by molar-refractivity contribution is 5.93. The predicted molar refractivity (Wildman–Crippen MR) is 103 cm³/mol. The first-order chi connectivity index (χ1) is 13.6. The zero-order valence-corrected chi connectivity index (χ0v) is 15.0. The van der Waals surface area contributed by atoms with E-state index in [1.165, 1.54) is 6.07 Å². The maximum absolute atomic E-state index is 12.7. The van der Waals surface area contributed by atoms with Crippen molar-refractivity contribution in [3.63, 3.8) is 0 Å². The van der Waals surface area contributed by atoms with E-state index >= 15 is 0 Å². The van der Waals surface area contributed by atoms with Crippen LogP contribution in [0.15, 0.2) is 65.2 Å². The van der Waals surface area contributed by atoms with Crippen molar-refractivity contribution in [1.82, 2.24) is 10.1 Å². The zero-order chi connectivity index (χ0) is 19.5. The summed E-state index contributed by atoms with van der Waals surface area (Å²) in [5, 5.41) is 15.2. The number of benzene rings is 2. The molecule has 4 rings (SSSR count). The summed E-state index contributed by atoms with van der Waals surface area (Å²) in [6.07, 6.45) is 0. The summed E-state index contributed by atoms with van der Waals surface area (Å²) >= 11 is 0. The van der Waals surface area contributed by atoms with Crippen LogP contribution in [0, 0.1) is 10.1 Å². The van der Waals surface area contributed by atoms with Crippen molar-refractivity contribution in [1.29, 1.82) is 0 Å². The summed E-state index contributed by atoms with van der Waals surface area (Å²) in [7, 11) is 0. The molecule has 2 aromatic carbocycles. The lowest BCUT2D eigenvalue weighted by atomic mass is 10.1. The van der Waals surface area contributed by atoms with Crippen LogP contribution in [-0.4, -0.2) is 47.1 Å². The van der Waals surface area contributed by atoms with Gasteiger partial charge in [-0.2, -0.15) is 0 Å². The average molecular weight is 378 g/mol. The molecule has 142 valence electrons. The highest BCUT2D eigenvalue weighted by Crippen LogP contribution is 2.28. The Hall–Kier alpha value is -3.68. The maximum Gasteiger partial charge on any atom is 0.292 e. The number of carbonyl (C=O) groups excluding carboxylic acids is 1. The molecule has 0 N–H and O–H groups in total. The lowest BCUT2D eigenvalue weighted by Gasteiger charge is -2.35. The van der Waals surface area contributed by atoms with Crippen molar-refractivity contribution >= 4 is 17.3 Å². The van der Waals surface area contributed by atoms with Gasteiger partial charge in [-0.25, -0.2) is 0 Å². The minimum Gasteiger partial charge on any atom is -0.362 e. The van der Waals surface area contributed by atoms with Crippen LogP contribution in [0.1, 0.15) is 10.5 Å². The second kappa shape index (κ2) is 7.51. The van der Waals surface area contributed by atoms with Gasteiger partial charge in [0.25, 0.3) is 11.6 Å². The van der Waals surface area contributed by atoms with E-state index in [9.17, 15) is 14.9 Å². The molecule has 8 heteroatoms. The summed E-state index contributed by atoms with van der Waals surface area (Å²) in [4.78, 5) is 27.2. The molecule has 1 fully saturated rings.